The lowest BCUT2D eigenvalue weighted by molar-refractivity contribution is -0.137. The highest BCUT2D eigenvalue weighted by Gasteiger charge is 2.34. The summed E-state index contributed by atoms with van der Waals surface area (Å²) in [6, 6.07) is 11.4. The van der Waals surface area contributed by atoms with Gasteiger partial charge in [-0.2, -0.15) is 13.2 Å². The van der Waals surface area contributed by atoms with Crippen LogP contribution in [0.15, 0.2) is 47.6 Å². The molecule has 0 fully saturated rings. The molecule has 2 aromatic rings. The summed E-state index contributed by atoms with van der Waals surface area (Å²) in [5, 5.41) is 4.17. The van der Waals surface area contributed by atoms with Crippen LogP contribution in [0.3, 0.4) is 0 Å². The van der Waals surface area contributed by atoms with Crippen LogP contribution in [0.5, 0.6) is 0 Å². The molecule has 0 spiro atoms. The standard InChI is InChI=1S/C21H23ClF3NO/c1-5-19(17-12-16(22)10-11-18(17)21(23,24)25)26-27-13-14-6-8-15(9-7-14)20(2,3)4/h6-12H,5,13H2,1-4H3. The van der Waals surface area contributed by atoms with Crippen molar-refractivity contribution in [1.82, 2.24) is 0 Å². The van der Waals surface area contributed by atoms with Gasteiger partial charge in [0.25, 0.3) is 0 Å². The number of nitrogens with zero attached hydrogens (tertiary/aromatic N) is 1. The largest absolute Gasteiger partial charge is 0.417 e. The van der Waals surface area contributed by atoms with Gasteiger partial charge in [0.05, 0.1) is 11.3 Å². The molecule has 2 aromatic carbocycles. The summed E-state index contributed by atoms with van der Waals surface area (Å²) >= 11 is 5.89. The maximum atomic E-state index is 13.3. The molecule has 27 heavy (non-hydrogen) atoms. The summed E-state index contributed by atoms with van der Waals surface area (Å²) in [7, 11) is 0. The molecule has 2 nitrogen and oxygen atoms in total. The Morgan fingerprint density at radius 1 is 1.04 bits per heavy atom. The predicted octanol–water partition coefficient (Wildman–Crippen LogP) is 6.99. The predicted molar refractivity (Wildman–Crippen MR) is 103 cm³/mol. The summed E-state index contributed by atoms with van der Waals surface area (Å²) in [6.45, 7) is 8.27. The molecular formula is C21H23ClF3NO. The van der Waals surface area contributed by atoms with Gasteiger partial charge in [0, 0.05) is 10.6 Å². The number of hydrogen-bond acceptors (Lipinski definition) is 2. The molecule has 0 saturated heterocycles. The molecular weight excluding hydrogens is 375 g/mol. The quantitative estimate of drug-likeness (QED) is 0.393. The second-order valence-electron chi connectivity index (χ2n) is 7.30. The fourth-order valence-corrected chi connectivity index (χ4v) is 2.76. The Hall–Kier alpha value is -2.01. The Kier molecular flexibility index (Phi) is 6.58. The van der Waals surface area contributed by atoms with E-state index < -0.39 is 11.7 Å². The summed E-state index contributed by atoms with van der Waals surface area (Å²) in [6.07, 6.45) is -4.20. The molecule has 0 aliphatic heterocycles. The van der Waals surface area contributed by atoms with Crippen molar-refractivity contribution in [1.29, 1.82) is 0 Å². The second kappa shape index (κ2) is 8.34. The molecule has 146 valence electrons. The van der Waals surface area contributed by atoms with Crippen LogP contribution in [-0.2, 0) is 23.0 Å². The van der Waals surface area contributed by atoms with Crippen molar-refractivity contribution < 1.29 is 18.0 Å². The Balaban J connectivity index is 2.19. The molecule has 0 aliphatic carbocycles. The molecule has 0 saturated carbocycles. The fraction of sp³-hybridized carbons (Fsp3) is 0.381. The highest BCUT2D eigenvalue weighted by Crippen LogP contribution is 2.34. The summed E-state index contributed by atoms with van der Waals surface area (Å²) in [5.74, 6) is 0. The first-order valence-corrected chi connectivity index (χ1v) is 9.05. The topological polar surface area (TPSA) is 21.6 Å². The van der Waals surface area contributed by atoms with E-state index in [2.05, 4.69) is 25.9 Å². The lowest BCUT2D eigenvalue weighted by atomic mass is 9.87. The molecule has 0 heterocycles. The molecule has 0 unspecified atom stereocenters. The Labute approximate surface area is 163 Å². The first-order valence-electron chi connectivity index (χ1n) is 8.67. The third kappa shape index (κ3) is 5.73. The van der Waals surface area contributed by atoms with E-state index in [0.29, 0.717) is 0 Å². The monoisotopic (exact) mass is 397 g/mol. The third-order valence-corrected chi connectivity index (χ3v) is 4.39. The normalized spacial score (nSPS) is 13.0. The average molecular weight is 398 g/mol. The van der Waals surface area contributed by atoms with Crippen molar-refractivity contribution in [2.75, 3.05) is 0 Å². The van der Waals surface area contributed by atoms with Crippen molar-refractivity contribution in [3.8, 4) is 0 Å². The van der Waals surface area contributed by atoms with Gasteiger partial charge in [-0.3, -0.25) is 0 Å². The summed E-state index contributed by atoms with van der Waals surface area (Å²) in [4.78, 5) is 5.34. The molecule has 0 aliphatic rings. The van der Waals surface area contributed by atoms with Crippen LogP contribution in [0.25, 0.3) is 0 Å². The molecule has 0 radical (unpaired) electrons. The van der Waals surface area contributed by atoms with Gasteiger partial charge < -0.3 is 4.84 Å². The molecule has 6 heteroatoms. The number of rotatable bonds is 5. The van der Waals surface area contributed by atoms with Gasteiger partial charge in [0.1, 0.15) is 6.61 Å². The Morgan fingerprint density at radius 2 is 1.67 bits per heavy atom. The van der Waals surface area contributed by atoms with E-state index in [1.807, 2.05) is 24.3 Å². The van der Waals surface area contributed by atoms with E-state index in [-0.39, 0.29) is 34.7 Å². The van der Waals surface area contributed by atoms with Crippen LogP contribution in [-0.4, -0.2) is 5.71 Å². The van der Waals surface area contributed by atoms with Crippen molar-refractivity contribution >= 4 is 17.3 Å². The third-order valence-electron chi connectivity index (χ3n) is 4.16. The van der Waals surface area contributed by atoms with Gasteiger partial charge in [0.15, 0.2) is 0 Å². The number of benzene rings is 2. The van der Waals surface area contributed by atoms with Crippen LogP contribution >= 0.6 is 11.6 Å². The van der Waals surface area contributed by atoms with Gasteiger partial charge in [-0.15, -0.1) is 0 Å². The Morgan fingerprint density at radius 3 is 2.19 bits per heavy atom. The first-order chi connectivity index (χ1) is 12.5. The van der Waals surface area contributed by atoms with Crippen molar-refractivity contribution in [2.45, 2.75) is 52.3 Å². The molecule has 0 atom stereocenters. The van der Waals surface area contributed by atoms with Crippen molar-refractivity contribution in [3.63, 3.8) is 0 Å². The maximum Gasteiger partial charge on any atom is 0.417 e. The zero-order chi connectivity index (χ0) is 20.2. The van der Waals surface area contributed by atoms with Crippen LogP contribution in [0, 0.1) is 0 Å². The van der Waals surface area contributed by atoms with E-state index in [4.69, 9.17) is 16.4 Å². The molecule has 0 bridgehead atoms. The Bertz CT molecular complexity index is 806. The van der Waals surface area contributed by atoms with Crippen molar-refractivity contribution in [2.24, 2.45) is 5.16 Å². The van der Waals surface area contributed by atoms with Gasteiger partial charge in [0.2, 0.25) is 0 Å². The van der Waals surface area contributed by atoms with Crippen molar-refractivity contribution in [3.05, 3.63) is 69.7 Å². The van der Waals surface area contributed by atoms with E-state index in [1.54, 1.807) is 6.92 Å². The fourth-order valence-electron chi connectivity index (χ4n) is 2.59. The number of alkyl halides is 3. The molecule has 0 amide bonds. The minimum atomic E-state index is -4.49. The number of hydrogen-bond donors (Lipinski definition) is 0. The van der Waals surface area contributed by atoms with E-state index in [9.17, 15) is 13.2 Å². The summed E-state index contributed by atoms with van der Waals surface area (Å²) in [5.41, 5.74) is 1.51. The number of halogens is 4. The highest BCUT2D eigenvalue weighted by molar-refractivity contribution is 6.31. The SMILES string of the molecule is CCC(=NOCc1ccc(C(C)(C)C)cc1)c1cc(Cl)ccc1C(F)(F)F. The van der Waals surface area contributed by atoms with Crippen LogP contribution in [0.2, 0.25) is 5.02 Å². The van der Waals surface area contributed by atoms with Crippen LogP contribution in [0.1, 0.15) is 56.4 Å². The lowest BCUT2D eigenvalue weighted by Gasteiger charge is -2.19. The smallest absolute Gasteiger partial charge is 0.391 e. The van der Waals surface area contributed by atoms with E-state index >= 15 is 0 Å². The summed E-state index contributed by atoms with van der Waals surface area (Å²) < 4.78 is 39.8. The zero-order valence-electron chi connectivity index (χ0n) is 15.8. The lowest BCUT2D eigenvalue weighted by Crippen LogP contribution is -2.13. The van der Waals surface area contributed by atoms with Gasteiger partial charge in [-0.05, 0) is 41.2 Å². The first kappa shape index (κ1) is 21.3. The van der Waals surface area contributed by atoms with E-state index in [1.165, 1.54) is 17.7 Å². The highest BCUT2D eigenvalue weighted by atomic mass is 35.5. The maximum absolute atomic E-state index is 13.3. The zero-order valence-corrected chi connectivity index (χ0v) is 16.6. The second-order valence-corrected chi connectivity index (χ2v) is 7.74. The van der Waals surface area contributed by atoms with Crippen LogP contribution < -0.4 is 0 Å². The van der Waals surface area contributed by atoms with Gasteiger partial charge in [-0.1, -0.05) is 68.7 Å². The van der Waals surface area contributed by atoms with Gasteiger partial charge in [-0.25, -0.2) is 0 Å². The molecule has 2 rings (SSSR count). The molecule has 0 N–H and O–H groups in total. The molecule has 0 aromatic heterocycles. The number of oxime groups is 1. The minimum absolute atomic E-state index is 0.0491. The van der Waals surface area contributed by atoms with Gasteiger partial charge >= 0.3 is 6.18 Å². The average Bonchev–Trinajstić information content (AvgIpc) is 2.57. The van der Waals surface area contributed by atoms with E-state index in [0.717, 1.165) is 11.6 Å². The van der Waals surface area contributed by atoms with Crippen LogP contribution in [0.4, 0.5) is 13.2 Å². The minimum Gasteiger partial charge on any atom is -0.391 e.